The minimum atomic E-state index is -1.00. The van der Waals surface area contributed by atoms with Crippen LogP contribution in [0.15, 0.2) is 22.8 Å². The van der Waals surface area contributed by atoms with E-state index >= 15 is 0 Å². The van der Waals surface area contributed by atoms with E-state index in [0.29, 0.717) is 6.42 Å². The van der Waals surface area contributed by atoms with Crippen LogP contribution in [-0.2, 0) is 38.1 Å². The Morgan fingerprint density at radius 3 is 2.07 bits per heavy atom. The van der Waals surface area contributed by atoms with Crippen LogP contribution in [-0.4, -0.2) is 60.5 Å². The van der Waals surface area contributed by atoms with Gasteiger partial charge in [0, 0.05) is 50.7 Å². The zero-order chi connectivity index (χ0) is 34.6. The van der Waals surface area contributed by atoms with Gasteiger partial charge in [-0.25, -0.2) is 4.79 Å². The Morgan fingerprint density at radius 2 is 1.52 bits per heavy atom. The van der Waals surface area contributed by atoms with Gasteiger partial charge in [0.05, 0.1) is 6.10 Å². The molecule has 2 saturated carbocycles. The first-order chi connectivity index (χ1) is 21.2. The van der Waals surface area contributed by atoms with Crippen LogP contribution in [0, 0.1) is 39.4 Å². The molecule has 0 aromatic rings. The summed E-state index contributed by atoms with van der Waals surface area (Å²) in [7, 11) is 1.76. The highest BCUT2D eigenvalue weighted by atomic mass is 16.6. The molecule has 10 atom stereocenters. The number of allylic oxidation sites excluding steroid dienone is 1. The number of hydrogen-bond donors (Lipinski definition) is 1. The number of aliphatic carboxylic acids is 1. The molecular weight excluding hydrogens is 588 g/mol. The summed E-state index contributed by atoms with van der Waals surface area (Å²) in [5.41, 5.74) is 1.55. The Bertz CT molecular complexity index is 1310. The zero-order valence-corrected chi connectivity index (χ0v) is 29.8. The molecule has 2 fully saturated rings. The lowest BCUT2D eigenvalue weighted by Gasteiger charge is -2.64. The molecule has 0 saturated heterocycles. The van der Waals surface area contributed by atoms with Crippen molar-refractivity contribution in [1.29, 1.82) is 0 Å². The third-order valence-electron chi connectivity index (χ3n) is 13.2. The van der Waals surface area contributed by atoms with Crippen molar-refractivity contribution in [2.45, 2.75) is 139 Å². The molecule has 4 aliphatic rings. The van der Waals surface area contributed by atoms with E-state index in [-0.39, 0.29) is 70.1 Å². The predicted octanol–water partition coefficient (Wildman–Crippen LogP) is 6.82. The molecule has 1 N–H and O–H groups in total. The minimum absolute atomic E-state index is 0.0120. The molecule has 9 heteroatoms. The van der Waals surface area contributed by atoms with Gasteiger partial charge >= 0.3 is 23.9 Å². The van der Waals surface area contributed by atoms with Crippen molar-refractivity contribution >= 4 is 23.9 Å². The summed E-state index contributed by atoms with van der Waals surface area (Å²) in [5, 5.41) is 9.46. The number of hydrogen-bond acceptors (Lipinski definition) is 8. The van der Waals surface area contributed by atoms with Crippen molar-refractivity contribution in [3.8, 4) is 0 Å². The fourth-order valence-electron chi connectivity index (χ4n) is 10.6. The van der Waals surface area contributed by atoms with Gasteiger partial charge in [0.15, 0.2) is 0 Å². The van der Waals surface area contributed by atoms with Gasteiger partial charge < -0.3 is 24.1 Å². The largest absolute Gasteiger partial charge is 0.478 e. The summed E-state index contributed by atoms with van der Waals surface area (Å²) >= 11 is 0. The van der Waals surface area contributed by atoms with E-state index in [4.69, 9.17) is 18.9 Å². The van der Waals surface area contributed by atoms with Gasteiger partial charge in [-0.05, 0) is 79.6 Å². The Labute approximate surface area is 274 Å². The number of carboxylic acid groups (broad SMARTS) is 1. The second-order valence-electron chi connectivity index (χ2n) is 15.8. The predicted molar refractivity (Wildman–Crippen MR) is 172 cm³/mol. The molecular formula is C37H56O9. The van der Waals surface area contributed by atoms with Crippen LogP contribution < -0.4 is 0 Å². The second kappa shape index (κ2) is 12.7. The molecule has 0 amide bonds. The van der Waals surface area contributed by atoms with Gasteiger partial charge in [-0.1, -0.05) is 53.2 Å². The van der Waals surface area contributed by atoms with E-state index < -0.39 is 29.6 Å². The van der Waals surface area contributed by atoms with E-state index in [1.807, 2.05) is 0 Å². The monoisotopic (exact) mass is 644 g/mol. The van der Waals surface area contributed by atoms with Gasteiger partial charge in [0.1, 0.15) is 18.3 Å². The number of ether oxygens (including phenoxy) is 4. The number of carbonyl (C=O) groups is 4. The normalized spacial score (nSPS) is 38.1. The smallest absolute Gasteiger partial charge is 0.330 e. The van der Waals surface area contributed by atoms with E-state index in [0.717, 1.165) is 32.1 Å². The van der Waals surface area contributed by atoms with Crippen molar-refractivity contribution in [3.05, 3.63) is 22.8 Å². The lowest BCUT2D eigenvalue weighted by Crippen LogP contribution is -2.60. The zero-order valence-electron chi connectivity index (χ0n) is 29.8. The summed E-state index contributed by atoms with van der Waals surface area (Å²) in [4.78, 5) is 48.6. The standard InChI is InChI=1S/C37H56O9/c1-20(33(41)42)12-13-27(44-22(3)38)21(2)26-18-31(46-24(5)40)37(10)32-25(14-17-36(26,37)9)35(8)16-15-30(45-23(4)39)34(6,7)29(35)19-28(32)43-11/h12,21,26-31H,13-19H2,1-11H3,(H,41,42)/b20-12+/t21-,26+,27?,28-,29-,30+,31-,35+,36+,37-/m0/s1. The molecule has 0 aromatic carbocycles. The van der Waals surface area contributed by atoms with Crippen molar-refractivity contribution in [2.24, 2.45) is 39.4 Å². The highest BCUT2D eigenvalue weighted by Crippen LogP contribution is 2.73. The number of carboxylic acids is 1. The number of esters is 3. The molecule has 46 heavy (non-hydrogen) atoms. The van der Waals surface area contributed by atoms with Crippen LogP contribution in [0.3, 0.4) is 0 Å². The van der Waals surface area contributed by atoms with E-state index in [2.05, 4.69) is 41.5 Å². The molecule has 1 unspecified atom stereocenters. The molecule has 0 aliphatic heterocycles. The second-order valence-corrected chi connectivity index (χ2v) is 15.8. The van der Waals surface area contributed by atoms with Crippen LogP contribution in [0.2, 0.25) is 0 Å². The Kier molecular flexibility index (Phi) is 10.0. The van der Waals surface area contributed by atoms with E-state index in [9.17, 15) is 24.3 Å². The average Bonchev–Trinajstić information content (AvgIpc) is 3.18. The molecule has 0 radical (unpaired) electrons. The van der Waals surface area contributed by atoms with Gasteiger partial charge in [-0.15, -0.1) is 0 Å². The first-order valence-electron chi connectivity index (χ1n) is 16.9. The molecule has 0 aromatic heterocycles. The maximum atomic E-state index is 12.7. The van der Waals surface area contributed by atoms with Crippen molar-refractivity contribution in [2.75, 3.05) is 7.11 Å². The number of fused-ring (bicyclic) bond motifs is 4. The molecule has 4 rings (SSSR count). The summed E-state index contributed by atoms with van der Waals surface area (Å²) in [5.74, 6) is -1.91. The fraction of sp³-hybridized carbons (Fsp3) is 0.784. The van der Waals surface area contributed by atoms with Crippen LogP contribution in [0.5, 0.6) is 0 Å². The molecule has 0 bridgehead atoms. The topological polar surface area (TPSA) is 125 Å². The van der Waals surface area contributed by atoms with Gasteiger partial charge in [-0.3, -0.25) is 14.4 Å². The van der Waals surface area contributed by atoms with Crippen LogP contribution in [0.25, 0.3) is 0 Å². The summed E-state index contributed by atoms with van der Waals surface area (Å²) in [6.07, 6.45) is 5.36. The van der Waals surface area contributed by atoms with Crippen LogP contribution in [0.4, 0.5) is 0 Å². The lowest BCUT2D eigenvalue weighted by atomic mass is 9.42. The van der Waals surface area contributed by atoms with Crippen molar-refractivity contribution in [3.63, 3.8) is 0 Å². The van der Waals surface area contributed by atoms with Crippen molar-refractivity contribution < 1.29 is 43.2 Å². The van der Waals surface area contributed by atoms with E-state index in [1.165, 1.54) is 31.9 Å². The van der Waals surface area contributed by atoms with E-state index in [1.54, 1.807) is 20.1 Å². The van der Waals surface area contributed by atoms with Crippen LogP contribution in [0.1, 0.15) is 114 Å². The molecule has 0 spiro atoms. The van der Waals surface area contributed by atoms with Crippen molar-refractivity contribution in [1.82, 2.24) is 0 Å². The number of rotatable bonds is 9. The SMILES string of the molecule is CO[C@H]1C[C@H]2C(C)(C)[C@H](OC(C)=O)CC[C@]2(C)C2=C1[C@]1(C)[C@@H](OC(C)=O)C[C@H]([C@H](C)C(C/C=C(\C)C(=O)O)OC(C)=O)[C@@]1(C)CC2. The highest BCUT2D eigenvalue weighted by Gasteiger charge is 2.70. The third kappa shape index (κ3) is 5.83. The number of methoxy groups -OCH3 is 1. The maximum Gasteiger partial charge on any atom is 0.330 e. The van der Waals surface area contributed by atoms with Crippen LogP contribution >= 0.6 is 0 Å². The summed E-state index contributed by atoms with van der Waals surface area (Å²) in [6.45, 7) is 19.3. The van der Waals surface area contributed by atoms with Gasteiger partial charge in [-0.2, -0.15) is 0 Å². The Balaban J connectivity index is 1.84. The summed E-state index contributed by atoms with van der Waals surface area (Å²) in [6, 6.07) is 0. The molecule has 4 aliphatic carbocycles. The Hall–Kier alpha value is -2.68. The Morgan fingerprint density at radius 1 is 0.913 bits per heavy atom. The van der Waals surface area contributed by atoms with Gasteiger partial charge in [0.25, 0.3) is 0 Å². The first-order valence-corrected chi connectivity index (χ1v) is 16.9. The number of carbonyl (C=O) groups excluding carboxylic acids is 3. The maximum absolute atomic E-state index is 12.7. The fourth-order valence-corrected chi connectivity index (χ4v) is 10.6. The lowest BCUT2D eigenvalue weighted by molar-refractivity contribution is -0.172. The average molecular weight is 645 g/mol. The van der Waals surface area contributed by atoms with Gasteiger partial charge in [0.2, 0.25) is 0 Å². The first kappa shape index (κ1) is 36.2. The molecule has 258 valence electrons. The highest BCUT2D eigenvalue weighted by molar-refractivity contribution is 5.85. The molecule has 9 nitrogen and oxygen atoms in total. The summed E-state index contributed by atoms with van der Waals surface area (Å²) < 4.78 is 24.4. The quantitative estimate of drug-likeness (QED) is 0.125. The molecule has 0 heterocycles. The third-order valence-corrected chi connectivity index (χ3v) is 13.2. The minimum Gasteiger partial charge on any atom is -0.478 e.